The number of carbonyl (C=O) groups is 2. The molecule has 1 aliphatic heterocycles. The summed E-state index contributed by atoms with van der Waals surface area (Å²) >= 11 is 1.18. The van der Waals surface area contributed by atoms with Gasteiger partial charge in [0.05, 0.1) is 10.6 Å². The van der Waals surface area contributed by atoms with E-state index in [0.29, 0.717) is 22.4 Å². The summed E-state index contributed by atoms with van der Waals surface area (Å²) in [6.07, 6.45) is 9.97. The number of thiophene rings is 1. The van der Waals surface area contributed by atoms with Gasteiger partial charge in [0, 0.05) is 42.7 Å². The maximum absolute atomic E-state index is 14.2. The number of nitrogens with zero attached hydrogens (tertiary/aromatic N) is 3. The minimum Gasteiger partial charge on any atom is -0.477 e. The van der Waals surface area contributed by atoms with Crippen LogP contribution in [0.1, 0.15) is 113 Å². The lowest BCUT2D eigenvalue weighted by molar-refractivity contribution is -0.124. The molecule has 7 nitrogen and oxygen atoms in total. The van der Waals surface area contributed by atoms with Gasteiger partial charge in [-0.3, -0.25) is 9.69 Å². The zero-order valence-corrected chi connectivity index (χ0v) is 27.9. The summed E-state index contributed by atoms with van der Waals surface area (Å²) in [6.45, 7) is 13.8. The molecule has 44 heavy (non-hydrogen) atoms. The highest BCUT2D eigenvalue weighted by Gasteiger charge is 2.38. The molecule has 0 aromatic carbocycles. The highest BCUT2D eigenvalue weighted by Crippen LogP contribution is 2.39. The summed E-state index contributed by atoms with van der Waals surface area (Å²) in [5.74, 6) is 7.44. The molecule has 1 amide bonds. The second-order valence-electron chi connectivity index (χ2n) is 14.5. The van der Waals surface area contributed by atoms with Crippen LogP contribution in [0.5, 0.6) is 5.88 Å². The zero-order valence-electron chi connectivity index (χ0n) is 27.1. The normalized spacial score (nSPS) is 26.1. The molecule has 3 fully saturated rings. The Morgan fingerprint density at radius 1 is 1.05 bits per heavy atom. The molecule has 3 heterocycles. The van der Waals surface area contributed by atoms with E-state index < -0.39 is 5.97 Å². The Morgan fingerprint density at radius 3 is 2.41 bits per heavy atom. The van der Waals surface area contributed by atoms with Crippen molar-refractivity contribution in [2.45, 2.75) is 111 Å². The van der Waals surface area contributed by atoms with Crippen LogP contribution in [-0.2, 0) is 11.3 Å². The fourth-order valence-electron chi connectivity index (χ4n) is 6.86. The van der Waals surface area contributed by atoms with Crippen LogP contribution >= 0.6 is 11.3 Å². The van der Waals surface area contributed by atoms with Crippen LogP contribution in [0.2, 0.25) is 0 Å². The second-order valence-corrected chi connectivity index (χ2v) is 15.5. The van der Waals surface area contributed by atoms with Crippen LogP contribution in [0, 0.1) is 35.0 Å². The minimum absolute atomic E-state index is 0.0166. The van der Waals surface area contributed by atoms with Crippen molar-refractivity contribution < 1.29 is 19.4 Å². The molecule has 1 atom stereocenters. The molecule has 1 saturated heterocycles. The van der Waals surface area contributed by atoms with Crippen LogP contribution in [-0.4, -0.2) is 52.1 Å². The molecular formula is C36H49N3O4S. The number of pyridine rings is 1. The Bertz CT molecular complexity index is 1370. The second kappa shape index (κ2) is 14.0. The van der Waals surface area contributed by atoms with Gasteiger partial charge in [-0.2, -0.15) is 0 Å². The fourth-order valence-corrected chi connectivity index (χ4v) is 7.70. The summed E-state index contributed by atoms with van der Waals surface area (Å²) in [7, 11) is 0. The van der Waals surface area contributed by atoms with E-state index in [1.807, 2.05) is 37.9 Å². The van der Waals surface area contributed by atoms with Crippen LogP contribution in [0.15, 0.2) is 24.4 Å². The highest BCUT2D eigenvalue weighted by molar-refractivity contribution is 7.15. The van der Waals surface area contributed by atoms with Gasteiger partial charge in [-0.1, -0.05) is 25.7 Å². The van der Waals surface area contributed by atoms with Crippen molar-refractivity contribution in [1.82, 2.24) is 9.88 Å². The Kier molecular flexibility index (Phi) is 10.4. The summed E-state index contributed by atoms with van der Waals surface area (Å²) in [6, 6.07) is 5.91. The van der Waals surface area contributed by atoms with Gasteiger partial charge in [0.1, 0.15) is 11.0 Å². The van der Waals surface area contributed by atoms with E-state index in [-0.39, 0.29) is 34.3 Å². The summed E-state index contributed by atoms with van der Waals surface area (Å²) in [4.78, 5) is 36.4. The molecule has 1 unspecified atom stereocenters. The van der Waals surface area contributed by atoms with Gasteiger partial charge in [-0.25, -0.2) is 9.78 Å². The van der Waals surface area contributed by atoms with Gasteiger partial charge in [-0.15, -0.1) is 11.3 Å². The van der Waals surface area contributed by atoms with Crippen molar-refractivity contribution in [2.75, 3.05) is 18.0 Å². The number of hydrogen-bond acceptors (Lipinski definition) is 6. The number of aromatic carboxylic acids is 1. The van der Waals surface area contributed by atoms with Crippen LogP contribution < -0.4 is 9.64 Å². The molecule has 238 valence electrons. The third-order valence-electron chi connectivity index (χ3n) is 9.34. The third kappa shape index (κ3) is 8.43. The first-order valence-electron chi connectivity index (χ1n) is 16.5. The molecule has 3 aliphatic rings. The topological polar surface area (TPSA) is 83.0 Å². The fraction of sp³-hybridized carbons (Fsp3) is 0.639. The molecule has 2 aromatic rings. The number of ether oxygens (including phenoxy) is 1. The maximum atomic E-state index is 14.2. The first-order valence-corrected chi connectivity index (χ1v) is 17.3. The zero-order chi connectivity index (χ0) is 31.4. The number of hydrogen-bond donors (Lipinski definition) is 1. The van der Waals surface area contributed by atoms with Crippen molar-refractivity contribution in [3.8, 4) is 17.7 Å². The molecule has 2 aromatic heterocycles. The number of anilines is 1. The summed E-state index contributed by atoms with van der Waals surface area (Å²) in [5.41, 5.74) is 1.53. The average Bonchev–Trinajstić information content (AvgIpc) is 3.59. The quantitative estimate of drug-likeness (QED) is 0.306. The smallest absolute Gasteiger partial charge is 0.348 e. The highest BCUT2D eigenvalue weighted by atomic mass is 32.1. The van der Waals surface area contributed by atoms with Crippen molar-refractivity contribution in [3.05, 3.63) is 39.7 Å². The lowest BCUT2D eigenvalue weighted by atomic mass is 9.81. The van der Waals surface area contributed by atoms with Gasteiger partial charge in [0.2, 0.25) is 11.8 Å². The third-order valence-corrected chi connectivity index (χ3v) is 10.4. The number of amides is 1. The summed E-state index contributed by atoms with van der Waals surface area (Å²) in [5, 5.41) is 10.2. The van der Waals surface area contributed by atoms with Gasteiger partial charge >= 0.3 is 5.97 Å². The number of rotatable bonds is 8. The molecule has 2 aliphatic carbocycles. The number of aromatic nitrogens is 1. The van der Waals surface area contributed by atoms with E-state index in [0.717, 1.165) is 76.9 Å². The van der Waals surface area contributed by atoms with Crippen LogP contribution in [0.4, 0.5) is 5.69 Å². The Hall–Kier alpha value is -2.89. The van der Waals surface area contributed by atoms with Crippen molar-refractivity contribution in [1.29, 1.82) is 0 Å². The van der Waals surface area contributed by atoms with Crippen molar-refractivity contribution >= 4 is 28.9 Å². The molecule has 8 heteroatoms. The largest absolute Gasteiger partial charge is 0.477 e. The van der Waals surface area contributed by atoms with Crippen LogP contribution in [0.3, 0.4) is 0 Å². The maximum Gasteiger partial charge on any atom is 0.348 e. The Balaban J connectivity index is 1.32. The molecular weight excluding hydrogens is 570 g/mol. The molecule has 2 saturated carbocycles. The van der Waals surface area contributed by atoms with E-state index in [4.69, 9.17) is 4.74 Å². The molecule has 0 bridgehead atoms. The number of carboxylic acid groups (broad SMARTS) is 1. The van der Waals surface area contributed by atoms with E-state index >= 15 is 0 Å². The van der Waals surface area contributed by atoms with Gasteiger partial charge < -0.3 is 14.7 Å². The average molecular weight is 620 g/mol. The van der Waals surface area contributed by atoms with Crippen molar-refractivity contribution in [3.63, 3.8) is 0 Å². The van der Waals surface area contributed by atoms with E-state index in [1.165, 1.54) is 23.3 Å². The predicted octanol–water partition coefficient (Wildman–Crippen LogP) is 7.63. The first-order chi connectivity index (χ1) is 20.9. The van der Waals surface area contributed by atoms with E-state index in [9.17, 15) is 14.7 Å². The number of carboxylic acids is 1. The van der Waals surface area contributed by atoms with E-state index in [2.05, 4.69) is 47.7 Å². The molecule has 5 rings (SSSR count). The number of likely N-dealkylation sites (tertiary alicyclic amines) is 1. The minimum atomic E-state index is -1.00. The Labute approximate surface area is 267 Å². The van der Waals surface area contributed by atoms with Crippen molar-refractivity contribution in [2.24, 2.45) is 23.2 Å². The standard InChI is InChI=1S/C36H49N3O4S/c1-24-6-8-27(9-7-24)34(40)39(31-21-30(14-17-36(3,4)5)44-33(31)35(41)42)28-10-12-29(13-11-28)43-32-20-26(15-18-37-32)23-38-19-16-25(2)22-38/h15,18,20-21,24-25,27-29H,6-13,16,19,22-23H2,1-5H3,(H,41,42)/t24-,25?,27-,28-,29-. The van der Waals surface area contributed by atoms with Gasteiger partial charge in [0.15, 0.2) is 0 Å². The monoisotopic (exact) mass is 619 g/mol. The predicted molar refractivity (Wildman–Crippen MR) is 176 cm³/mol. The summed E-state index contributed by atoms with van der Waals surface area (Å²) < 4.78 is 6.39. The first kappa shape index (κ1) is 32.5. The Morgan fingerprint density at radius 2 is 1.77 bits per heavy atom. The molecule has 1 N–H and O–H groups in total. The molecule has 0 spiro atoms. The lowest BCUT2D eigenvalue weighted by Gasteiger charge is -2.39. The molecule has 0 radical (unpaired) electrons. The SMILES string of the molecule is CC1CCN(Cc2ccnc(O[C@H]3CC[C@H](N(c4cc(C#CC(C)(C)C)sc4C(=O)O)C(=O)[C@H]4CC[C@H](C)CC4)CC3)c2)C1. The number of carbonyl (C=O) groups excluding carboxylic acids is 1. The van der Waals surface area contributed by atoms with Gasteiger partial charge in [0.25, 0.3) is 0 Å². The van der Waals surface area contributed by atoms with Gasteiger partial charge in [-0.05, 0) is 115 Å². The van der Waals surface area contributed by atoms with Crippen LogP contribution in [0.25, 0.3) is 0 Å². The van der Waals surface area contributed by atoms with E-state index in [1.54, 1.807) is 0 Å². The lowest BCUT2D eigenvalue weighted by Crippen LogP contribution is -2.47.